The summed E-state index contributed by atoms with van der Waals surface area (Å²) < 4.78 is 0. The molecule has 0 radical (unpaired) electrons. The molecule has 4 N–H and O–H groups in total. The lowest BCUT2D eigenvalue weighted by Gasteiger charge is -2.41. The van der Waals surface area contributed by atoms with Gasteiger partial charge in [0.1, 0.15) is 0 Å². The molecule has 4 unspecified atom stereocenters. The van der Waals surface area contributed by atoms with E-state index in [0.29, 0.717) is 18.0 Å². The second-order valence-corrected chi connectivity index (χ2v) is 5.26. The summed E-state index contributed by atoms with van der Waals surface area (Å²) in [5.74, 6) is 1.56. The van der Waals surface area contributed by atoms with Gasteiger partial charge in [-0.3, -0.25) is 0 Å². The third-order valence-electron chi connectivity index (χ3n) is 4.11. The molecule has 4 atom stereocenters. The Labute approximate surface area is 93.2 Å². The zero-order valence-corrected chi connectivity index (χ0v) is 9.84. The minimum atomic E-state index is 0.686. The van der Waals surface area contributed by atoms with E-state index in [9.17, 15) is 0 Å². The van der Waals surface area contributed by atoms with Gasteiger partial charge in [-0.2, -0.15) is 0 Å². The molecular formula is C12H25N3. The molecule has 2 heterocycles. The second kappa shape index (κ2) is 5.28. The first-order chi connectivity index (χ1) is 7.31. The van der Waals surface area contributed by atoms with Crippen molar-refractivity contribution in [3.05, 3.63) is 0 Å². The van der Waals surface area contributed by atoms with Crippen molar-refractivity contribution < 1.29 is 0 Å². The van der Waals surface area contributed by atoms with Gasteiger partial charge in [0, 0.05) is 12.1 Å². The van der Waals surface area contributed by atoms with Gasteiger partial charge in [-0.25, -0.2) is 0 Å². The van der Waals surface area contributed by atoms with Crippen molar-refractivity contribution in [2.75, 3.05) is 19.6 Å². The van der Waals surface area contributed by atoms with Crippen LogP contribution >= 0.6 is 0 Å². The molecule has 0 aromatic heterocycles. The van der Waals surface area contributed by atoms with Gasteiger partial charge in [0.25, 0.3) is 0 Å². The van der Waals surface area contributed by atoms with E-state index in [1.165, 1.54) is 38.8 Å². The quantitative estimate of drug-likeness (QED) is 0.630. The fraction of sp³-hybridized carbons (Fsp3) is 1.00. The molecule has 2 fully saturated rings. The Balaban J connectivity index is 1.94. The first kappa shape index (κ1) is 11.4. The van der Waals surface area contributed by atoms with E-state index in [2.05, 4.69) is 17.6 Å². The lowest BCUT2D eigenvalue weighted by molar-refractivity contribution is 0.166. The van der Waals surface area contributed by atoms with Crippen molar-refractivity contribution in [2.24, 2.45) is 17.6 Å². The topological polar surface area (TPSA) is 50.1 Å². The van der Waals surface area contributed by atoms with Crippen molar-refractivity contribution in [1.82, 2.24) is 10.6 Å². The Hall–Kier alpha value is -0.120. The Morgan fingerprint density at radius 2 is 2.07 bits per heavy atom. The van der Waals surface area contributed by atoms with Crippen LogP contribution < -0.4 is 16.4 Å². The summed E-state index contributed by atoms with van der Waals surface area (Å²) in [6.45, 7) is 5.53. The molecule has 0 aliphatic carbocycles. The highest BCUT2D eigenvalue weighted by Crippen LogP contribution is 2.28. The third-order valence-corrected chi connectivity index (χ3v) is 4.11. The number of nitrogens with one attached hydrogen (secondary N) is 2. The highest BCUT2D eigenvalue weighted by atomic mass is 15.0. The van der Waals surface area contributed by atoms with E-state index in [4.69, 9.17) is 5.73 Å². The maximum absolute atomic E-state index is 5.88. The van der Waals surface area contributed by atoms with Gasteiger partial charge >= 0.3 is 0 Å². The summed E-state index contributed by atoms with van der Waals surface area (Å²) in [6.07, 6.45) is 5.26. The number of rotatable bonds is 2. The number of hydrogen-bond acceptors (Lipinski definition) is 3. The SMILES string of the molecule is CC1CC(C2NCCCC2CN)CCN1. The predicted molar refractivity (Wildman–Crippen MR) is 63.8 cm³/mol. The van der Waals surface area contributed by atoms with E-state index >= 15 is 0 Å². The summed E-state index contributed by atoms with van der Waals surface area (Å²) in [5, 5.41) is 7.23. The molecular weight excluding hydrogens is 186 g/mol. The Kier molecular flexibility index (Phi) is 4.00. The molecule has 0 aromatic rings. The number of piperidine rings is 2. The summed E-state index contributed by atoms with van der Waals surface area (Å²) in [4.78, 5) is 0. The van der Waals surface area contributed by atoms with E-state index in [0.717, 1.165) is 12.5 Å². The molecule has 0 bridgehead atoms. The fourth-order valence-electron chi connectivity index (χ4n) is 3.29. The van der Waals surface area contributed by atoms with Crippen LogP contribution in [0.25, 0.3) is 0 Å². The minimum Gasteiger partial charge on any atom is -0.330 e. The Morgan fingerprint density at radius 3 is 2.80 bits per heavy atom. The van der Waals surface area contributed by atoms with Crippen LogP contribution in [-0.4, -0.2) is 31.7 Å². The van der Waals surface area contributed by atoms with Gasteiger partial charge in [0.2, 0.25) is 0 Å². The first-order valence-electron chi connectivity index (χ1n) is 6.48. The molecule has 2 rings (SSSR count). The van der Waals surface area contributed by atoms with Gasteiger partial charge in [0.15, 0.2) is 0 Å². The van der Waals surface area contributed by atoms with E-state index in [1.54, 1.807) is 0 Å². The molecule has 3 heteroatoms. The summed E-state index contributed by atoms with van der Waals surface area (Å²) in [7, 11) is 0. The lowest BCUT2D eigenvalue weighted by Crippen LogP contribution is -2.52. The molecule has 0 spiro atoms. The van der Waals surface area contributed by atoms with Crippen LogP contribution in [0.15, 0.2) is 0 Å². The molecule has 15 heavy (non-hydrogen) atoms. The van der Waals surface area contributed by atoms with E-state index in [1.807, 2.05) is 0 Å². The molecule has 88 valence electrons. The van der Waals surface area contributed by atoms with Crippen LogP contribution in [0.2, 0.25) is 0 Å². The number of hydrogen-bond donors (Lipinski definition) is 3. The molecule has 0 saturated carbocycles. The van der Waals surface area contributed by atoms with Gasteiger partial charge in [-0.1, -0.05) is 0 Å². The van der Waals surface area contributed by atoms with Crippen molar-refractivity contribution in [3.63, 3.8) is 0 Å². The second-order valence-electron chi connectivity index (χ2n) is 5.26. The van der Waals surface area contributed by atoms with Crippen molar-refractivity contribution in [1.29, 1.82) is 0 Å². The van der Waals surface area contributed by atoms with Crippen LogP contribution in [0.3, 0.4) is 0 Å². The molecule has 2 aliphatic heterocycles. The maximum Gasteiger partial charge on any atom is 0.0137 e. The monoisotopic (exact) mass is 211 g/mol. The smallest absolute Gasteiger partial charge is 0.0137 e. The Bertz CT molecular complexity index is 195. The van der Waals surface area contributed by atoms with Gasteiger partial charge in [-0.05, 0) is 64.1 Å². The average molecular weight is 211 g/mol. The standard InChI is InChI=1S/C12H25N3/c1-9-7-10(4-6-14-9)12-11(8-13)3-2-5-15-12/h9-12,14-15H,2-8,13H2,1H3. The number of nitrogens with two attached hydrogens (primary N) is 1. The highest BCUT2D eigenvalue weighted by Gasteiger charge is 2.32. The van der Waals surface area contributed by atoms with Gasteiger partial charge in [0.05, 0.1) is 0 Å². The molecule has 2 aliphatic rings. The van der Waals surface area contributed by atoms with Gasteiger partial charge in [-0.15, -0.1) is 0 Å². The lowest BCUT2D eigenvalue weighted by atomic mass is 9.77. The summed E-state index contributed by atoms with van der Waals surface area (Å²) in [5.41, 5.74) is 5.88. The van der Waals surface area contributed by atoms with Crippen molar-refractivity contribution in [3.8, 4) is 0 Å². The highest BCUT2D eigenvalue weighted by molar-refractivity contribution is 4.90. The largest absolute Gasteiger partial charge is 0.330 e. The van der Waals surface area contributed by atoms with Crippen LogP contribution in [0.4, 0.5) is 0 Å². The molecule has 3 nitrogen and oxygen atoms in total. The van der Waals surface area contributed by atoms with Crippen LogP contribution in [0.5, 0.6) is 0 Å². The zero-order valence-electron chi connectivity index (χ0n) is 9.84. The fourth-order valence-corrected chi connectivity index (χ4v) is 3.29. The van der Waals surface area contributed by atoms with Crippen LogP contribution in [0, 0.1) is 11.8 Å². The maximum atomic E-state index is 5.88. The summed E-state index contributed by atoms with van der Waals surface area (Å²) in [6, 6.07) is 1.37. The third kappa shape index (κ3) is 2.71. The molecule has 2 saturated heterocycles. The Morgan fingerprint density at radius 1 is 1.20 bits per heavy atom. The van der Waals surface area contributed by atoms with E-state index in [-0.39, 0.29) is 0 Å². The van der Waals surface area contributed by atoms with Crippen molar-refractivity contribution >= 4 is 0 Å². The van der Waals surface area contributed by atoms with E-state index < -0.39 is 0 Å². The predicted octanol–water partition coefficient (Wildman–Crippen LogP) is 0.701. The van der Waals surface area contributed by atoms with Crippen LogP contribution in [0.1, 0.15) is 32.6 Å². The zero-order chi connectivity index (χ0) is 10.7. The average Bonchev–Trinajstić information content (AvgIpc) is 2.29. The van der Waals surface area contributed by atoms with Gasteiger partial charge < -0.3 is 16.4 Å². The summed E-state index contributed by atoms with van der Waals surface area (Å²) >= 11 is 0. The van der Waals surface area contributed by atoms with Crippen molar-refractivity contribution in [2.45, 2.75) is 44.7 Å². The first-order valence-corrected chi connectivity index (χ1v) is 6.48. The minimum absolute atomic E-state index is 0.686. The normalized spacial score (nSPS) is 42.8. The molecule has 0 amide bonds. The molecule has 0 aromatic carbocycles. The van der Waals surface area contributed by atoms with Crippen LogP contribution in [-0.2, 0) is 0 Å².